The van der Waals surface area contributed by atoms with Crippen LogP contribution in [0.1, 0.15) is 75.8 Å². The van der Waals surface area contributed by atoms with Crippen LogP contribution in [0, 0.1) is 22.6 Å². The summed E-state index contributed by atoms with van der Waals surface area (Å²) in [6.45, 7) is 8.40. The van der Waals surface area contributed by atoms with Gasteiger partial charge in [-0.1, -0.05) is 11.6 Å². The van der Waals surface area contributed by atoms with Crippen LogP contribution in [-0.4, -0.2) is 126 Å². The zero-order valence-corrected chi connectivity index (χ0v) is 32.9. The van der Waals surface area contributed by atoms with E-state index in [4.69, 9.17) is 11.6 Å². The summed E-state index contributed by atoms with van der Waals surface area (Å²) >= 11 is 6.36. The van der Waals surface area contributed by atoms with Gasteiger partial charge in [0.2, 0.25) is 11.8 Å². The number of hydrogen-bond acceptors (Lipinski definition) is 11. The van der Waals surface area contributed by atoms with Crippen molar-refractivity contribution in [3.63, 3.8) is 0 Å². The summed E-state index contributed by atoms with van der Waals surface area (Å²) in [4.78, 5) is 79.9. The van der Waals surface area contributed by atoms with Crippen LogP contribution in [0.5, 0.6) is 0 Å². The molecule has 1 unspecified atom stereocenters. The summed E-state index contributed by atoms with van der Waals surface area (Å²) in [6, 6.07) is 13.5. The first-order valence-corrected chi connectivity index (χ1v) is 20.3. The van der Waals surface area contributed by atoms with Crippen LogP contribution in [0.2, 0.25) is 5.02 Å². The van der Waals surface area contributed by atoms with Gasteiger partial charge in [0, 0.05) is 83.1 Å². The van der Waals surface area contributed by atoms with E-state index in [1.165, 1.54) is 6.07 Å². The molecule has 7 heterocycles. The van der Waals surface area contributed by atoms with Gasteiger partial charge in [-0.05, 0) is 80.5 Å². The van der Waals surface area contributed by atoms with E-state index < -0.39 is 35.5 Å². The SMILES string of the molecule is C[C@H]1CC2(CCN(c3ccc(C(=O)N4CC(N5CCN(c6cc7c(cc6F)C(=O)N(C6CCC(=O)NC6=O)C7=O)CC5)C4)nc3)CC2)CN1c1ccc(C#N)c(Cl)c1. The van der Waals surface area contributed by atoms with Crippen LogP contribution in [-0.2, 0) is 9.59 Å². The number of imide groups is 2. The lowest BCUT2D eigenvalue weighted by atomic mass is 9.76. The molecule has 1 N–H and O–H groups in total. The minimum absolute atomic E-state index is 0.00575. The Balaban J connectivity index is 0.750. The van der Waals surface area contributed by atoms with Crippen molar-refractivity contribution in [1.82, 2.24) is 25.0 Å². The van der Waals surface area contributed by atoms with Gasteiger partial charge in [-0.3, -0.25) is 39.1 Å². The zero-order chi connectivity index (χ0) is 40.5. The third-order valence-corrected chi connectivity index (χ3v) is 13.5. The molecule has 0 aliphatic carbocycles. The molecule has 58 heavy (non-hydrogen) atoms. The van der Waals surface area contributed by atoms with Gasteiger partial charge in [0.05, 0.1) is 39.3 Å². The number of fused-ring (bicyclic) bond motifs is 1. The van der Waals surface area contributed by atoms with Gasteiger partial charge in [0.25, 0.3) is 17.7 Å². The molecule has 2 aromatic carbocycles. The number of amides is 5. The smallest absolute Gasteiger partial charge is 0.272 e. The van der Waals surface area contributed by atoms with E-state index in [1.54, 1.807) is 17.2 Å². The molecule has 1 spiro atoms. The van der Waals surface area contributed by atoms with Crippen molar-refractivity contribution in [3.8, 4) is 6.07 Å². The molecule has 5 saturated heterocycles. The van der Waals surface area contributed by atoms with E-state index in [0.717, 1.165) is 61.2 Å². The molecule has 5 fully saturated rings. The van der Waals surface area contributed by atoms with Crippen LogP contribution in [0.15, 0.2) is 48.7 Å². The second kappa shape index (κ2) is 14.7. The van der Waals surface area contributed by atoms with Crippen molar-refractivity contribution in [2.24, 2.45) is 5.41 Å². The van der Waals surface area contributed by atoms with Crippen LogP contribution in [0.4, 0.5) is 21.5 Å². The number of likely N-dealkylation sites (tertiary alicyclic amines) is 1. The number of benzene rings is 2. The summed E-state index contributed by atoms with van der Waals surface area (Å²) in [7, 11) is 0. The van der Waals surface area contributed by atoms with Gasteiger partial charge < -0.3 is 19.6 Å². The van der Waals surface area contributed by atoms with Crippen LogP contribution in [0.3, 0.4) is 0 Å². The summed E-state index contributed by atoms with van der Waals surface area (Å²) in [5.74, 6) is -3.31. The number of carbonyl (C=O) groups excluding carboxylic acids is 5. The van der Waals surface area contributed by atoms with E-state index in [9.17, 15) is 29.2 Å². The lowest BCUT2D eigenvalue weighted by Gasteiger charge is -2.48. The maximum atomic E-state index is 15.4. The molecule has 5 amide bonds. The van der Waals surface area contributed by atoms with E-state index >= 15 is 4.39 Å². The molecular weight excluding hydrogens is 765 g/mol. The van der Waals surface area contributed by atoms with Gasteiger partial charge >= 0.3 is 0 Å². The Kier molecular flexibility index (Phi) is 9.59. The molecule has 14 nitrogen and oxygen atoms in total. The Morgan fingerprint density at radius 2 is 1.64 bits per heavy atom. The highest BCUT2D eigenvalue weighted by Crippen LogP contribution is 2.46. The Morgan fingerprint density at radius 1 is 0.931 bits per heavy atom. The Hall–Kier alpha value is -5.59. The monoisotopic (exact) mass is 807 g/mol. The maximum absolute atomic E-state index is 15.4. The molecule has 0 bridgehead atoms. The molecule has 1 aromatic heterocycles. The molecule has 0 saturated carbocycles. The largest absolute Gasteiger partial charge is 0.370 e. The van der Waals surface area contributed by atoms with Crippen molar-refractivity contribution in [2.75, 3.05) is 73.6 Å². The summed E-state index contributed by atoms with van der Waals surface area (Å²) < 4.78 is 15.4. The molecule has 2 atom stereocenters. The van der Waals surface area contributed by atoms with Crippen molar-refractivity contribution >= 4 is 58.2 Å². The fourth-order valence-electron chi connectivity index (χ4n) is 9.80. The number of nitriles is 1. The van der Waals surface area contributed by atoms with E-state index in [-0.39, 0.29) is 47.0 Å². The number of halogens is 2. The number of aromatic nitrogens is 1. The van der Waals surface area contributed by atoms with Gasteiger partial charge in [-0.2, -0.15) is 5.26 Å². The second-order valence-corrected chi connectivity index (χ2v) is 16.9. The molecular formula is C42H43ClFN9O5. The predicted molar refractivity (Wildman–Crippen MR) is 212 cm³/mol. The summed E-state index contributed by atoms with van der Waals surface area (Å²) in [5.41, 5.74) is 3.36. The Bertz CT molecular complexity index is 2260. The number of anilines is 3. The number of nitrogens with one attached hydrogen (secondary N) is 1. The van der Waals surface area contributed by atoms with Crippen molar-refractivity contribution < 1.29 is 28.4 Å². The fourth-order valence-corrected chi connectivity index (χ4v) is 10.0. The molecule has 6 aliphatic rings. The highest BCUT2D eigenvalue weighted by Gasteiger charge is 2.47. The van der Waals surface area contributed by atoms with Gasteiger partial charge in [-0.15, -0.1) is 0 Å². The number of piperidine rings is 2. The first kappa shape index (κ1) is 38.0. The van der Waals surface area contributed by atoms with E-state index in [1.807, 2.05) is 29.2 Å². The fraction of sp³-hybridized carbons (Fsp3) is 0.452. The molecule has 9 rings (SSSR count). The summed E-state index contributed by atoms with van der Waals surface area (Å²) in [5, 5.41) is 11.9. The third kappa shape index (κ3) is 6.61. The van der Waals surface area contributed by atoms with Crippen molar-refractivity contribution in [2.45, 2.75) is 57.2 Å². The standard InChI is InChI=1S/C42H43ClFN9O5/c1-25-19-42(24-52(25)27-3-2-26(20-45)32(43)16-27)8-10-48(11-9-42)28-4-5-34(46-21-28)41(58)51-22-29(23-51)49-12-14-50(15-13-49)36-18-31-30(17-33(36)44)39(56)53(40(31)57)35-6-7-37(54)47-38(35)55/h2-5,16-18,21,25,29,35H,6-15,19,22-24H2,1H3,(H,47,54,55)/t25-,35?/m0/s1. The molecule has 0 radical (unpaired) electrons. The number of piperazine rings is 1. The topological polar surface area (TPSA) is 154 Å². The number of carbonyl (C=O) groups is 5. The lowest BCUT2D eigenvalue weighted by molar-refractivity contribution is -0.136. The maximum Gasteiger partial charge on any atom is 0.272 e. The first-order chi connectivity index (χ1) is 27.9. The molecule has 3 aromatic rings. The number of hydrogen-bond donors (Lipinski definition) is 1. The Labute approximate surface area is 340 Å². The Morgan fingerprint density at radius 3 is 2.29 bits per heavy atom. The number of nitrogens with zero attached hydrogens (tertiary/aromatic N) is 8. The number of rotatable bonds is 6. The van der Waals surface area contributed by atoms with Crippen LogP contribution >= 0.6 is 11.6 Å². The predicted octanol–water partition coefficient (Wildman–Crippen LogP) is 3.68. The zero-order valence-electron chi connectivity index (χ0n) is 32.1. The minimum Gasteiger partial charge on any atom is -0.370 e. The van der Waals surface area contributed by atoms with Crippen LogP contribution in [0.25, 0.3) is 0 Å². The molecule has 6 aliphatic heterocycles. The van der Waals surface area contributed by atoms with E-state index in [0.29, 0.717) is 61.6 Å². The van der Waals surface area contributed by atoms with Gasteiger partial charge in [-0.25, -0.2) is 9.37 Å². The van der Waals surface area contributed by atoms with Gasteiger partial charge in [0.1, 0.15) is 23.6 Å². The van der Waals surface area contributed by atoms with Crippen LogP contribution < -0.4 is 20.0 Å². The second-order valence-electron chi connectivity index (χ2n) is 16.5. The average molecular weight is 808 g/mol. The average Bonchev–Trinajstić information content (AvgIpc) is 3.65. The van der Waals surface area contributed by atoms with E-state index in [2.05, 4.69) is 38.0 Å². The third-order valence-electron chi connectivity index (χ3n) is 13.2. The summed E-state index contributed by atoms with van der Waals surface area (Å²) in [6.07, 6.45) is 5.04. The quantitative estimate of drug-likeness (QED) is 0.363. The van der Waals surface area contributed by atoms with Gasteiger partial charge in [0.15, 0.2) is 0 Å². The molecule has 300 valence electrons. The van der Waals surface area contributed by atoms with Crippen molar-refractivity contribution in [1.29, 1.82) is 5.26 Å². The number of pyridine rings is 1. The normalized spacial score (nSPS) is 23.7. The van der Waals surface area contributed by atoms with Crippen molar-refractivity contribution in [3.05, 3.63) is 81.9 Å². The first-order valence-electron chi connectivity index (χ1n) is 19.9. The highest BCUT2D eigenvalue weighted by atomic mass is 35.5. The minimum atomic E-state index is -1.12. The highest BCUT2D eigenvalue weighted by molar-refractivity contribution is 6.32. The lowest BCUT2D eigenvalue weighted by Crippen LogP contribution is -2.64. The molecule has 16 heteroatoms.